The van der Waals surface area contributed by atoms with Gasteiger partial charge in [0.2, 0.25) is 5.91 Å². The number of anilines is 2. The standard InChI is InChI=1S/C20H18F2N2O5/c21-20(22)29-16-4-1-3-13(11-16)19(27)28-12-17(25)23-14-6-8-15(9-7-14)24-10-2-5-18(24)26/h1,3-4,6-9,11,20H,2,5,10,12H2,(H,23,25). The highest BCUT2D eigenvalue weighted by atomic mass is 19.3. The highest BCUT2D eigenvalue weighted by Gasteiger charge is 2.21. The minimum Gasteiger partial charge on any atom is -0.452 e. The normalized spacial score (nSPS) is 13.5. The van der Waals surface area contributed by atoms with Crippen LogP contribution in [0.15, 0.2) is 48.5 Å². The summed E-state index contributed by atoms with van der Waals surface area (Å²) < 4.78 is 33.6. The molecule has 9 heteroatoms. The maximum atomic E-state index is 12.2. The van der Waals surface area contributed by atoms with Crippen molar-refractivity contribution < 1.29 is 32.6 Å². The van der Waals surface area contributed by atoms with Crippen LogP contribution < -0.4 is 15.0 Å². The van der Waals surface area contributed by atoms with Crippen molar-refractivity contribution in [2.45, 2.75) is 19.5 Å². The van der Waals surface area contributed by atoms with Gasteiger partial charge in [0.1, 0.15) is 5.75 Å². The monoisotopic (exact) mass is 404 g/mol. The van der Waals surface area contributed by atoms with Crippen molar-refractivity contribution in [2.24, 2.45) is 0 Å². The van der Waals surface area contributed by atoms with E-state index in [0.717, 1.165) is 18.2 Å². The third-order valence-corrected chi connectivity index (χ3v) is 4.17. The number of nitrogens with one attached hydrogen (secondary N) is 1. The van der Waals surface area contributed by atoms with Gasteiger partial charge < -0.3 is 19.7 Å². The summed E-state index contributed by atoms with van der Waals surface area (Å²) in [6, 6.07) is 11.8. The Morgan fingerprint density at radius 2 is 1.90 bits per heavy atom. The van der Waals surface area contributed by atoms with Gasteiger partial charge in [-0.2, -0.15) is 8.78 Å². The second-order valence-corrected chi connectivity index (χ2v) is 6.23. The predicted molar refractivity (Wildman–Crippen MR) is 100 cm³/mol. The summed E-state index contributed by atoms with van der Waals surface area (Å²) in [7, 11) is 0. The summed E-state index contributed by atoms with van der Waals surface area (Å²) in [5, 5.41) is 2.57. The third kappa shape index (κ3) is 5.50. The van der Waals surface area contributed by atoms with E-state index >= 15 is 0 Å². The van der Waals surface area contributed by atoms with Crippen molar-refractivity contribution >= 4 is 29.2 Å². The molecule has 1 aliphatic heterocycles. The van der Waals surface area contributed by atoms with Gasteiger partial charge in [-0.3, -0.25) is 9.59 Å². The van der Waals surface area contributed by atoms with E-state index in [-0.39, 0.29) is 17.2 Å². The number of benzene rings is 2. The van der Waals surface area contributed by atoms with Gasteiger partial charge in [-0.25, -0.2) is 4.79 Å². The Labute approximate surface area is 165 Å². The zero-order valence-corrected chi connectivity index (χ0v) is 15.3. The zero-order valence-electron chi connectivity index (χ0n) is 15.3. The summed E-state index contributed by atoms with van der Waals surface area (Å²) in [6.07, 6.45) is 1.35. The molecule has 0 aliphatic carbocycles. The van der Waals surface area contributed by atoms with Crippen LogP contribution in [0.1, 0.15) is 23.2 Å². The Morgan fingerprint density at radius 3 is 2.55 bits per heavy atom. The number of ether oxygens (including phenoxy) is 2. The van der Waals surface area contributed by atoms with E-state index < -0.39 is 25.1 Å². The number of carbonyl (C=O) groups is 3. The molecule has 1 heterocycles. The second kappa shape index (κ2) is 9.13. The summed E-state index contributed by atoms with van der Waals surface area (Å²) in [5.41, 5.74) is 1.21. The molecular formula is C20H18F2N2O5. The number of halogens is 2. The van der Waals surface area contributed by atoms with Crippen LogP contribution in [0, 0.1) is 0 Å². The third-order valence-electron chi connectivity index (χ3n) is 4.17. The van der Waals surface area contributed by atoms with E-state index in [1.54, 1.807) is 29.2 Å². The molecule has 1 saturated heterocycles. The van der Waals surface area contributed by atoms with Gasteiger partial charge in [-0.1, -0.05) is 6.07 Å². The molecule has 1 aliphatic rings. The van der Waals surface area contributed by atoms with Gasteiger partial charge in [0, 0.05) is 24.3 Å². The SMILES string of the molecule is O=C(COC(=O)c1cccc(OC(F)F)c1)Nc1ccc(N2CCCC2=O)cc1. The van der Waals surface area contributed by atoms with Gasteiger partial charge in [-0.05, 0) is 48.9 Å². The first-order valence-corrected chi connectivity index (χ1v) is 8.84. The molecule has 7 nitrogen and oxygen atoms in total. The van der Waals surface area contributed by atoms with Crippen LogP contribution in [0.2, 0.25) is 0 Å². The molecule has 3 rings (SSSR count). The minimum absolute atomic E-state index is 0.0180. The number of amides is 2. The summed E-state index contributed by atoms with van der Waals surface area (Å²) in [5.74, 6) is -1.53. The van der Waals surface area contributed by atoms with Crippen molar-refractivity contribution in [2.75, 3.05) is 23.4 Å². The van der Waals surface area contributed by atoms with Crippen LogP contribution in [0.25, 0.3) is 0 Å². The lowest BCUT2D eigenvalue weighted by Crippen LogP contribution is -2.23. The molecule has 2 aromatic rings. The van der Waals surface area contributed by atoms with Crippen molar-refractivity contribution in [3.8, 4) is 5.75 Å². The molecule has 0 spiro atoms. The fourth-order valence-corrected chi connectivity index (χ4v) is 2.86. The number of hydrogen-bond acceptors (Lipinski definition) is 5. The molecule has 0 unspecified atom stereocenters. The van der Waals surface area contributed by atoms with Gasteiger partial charge >= 0.3 is 12.6 Å². The molecule has 0 aromatic heterocycles. The second-order valence-electron chi connectivity index (χ2n) is 6.23. The van der Waals surface area contributed by atoms with Crippen LogP contribution in [-0.2, 0) is 14.3 Å². The number of nitrogens with zero attached hydrogens (tertiary/aromatic N) is 1. The molecule has 0 radical (unpaired) electrons. The van der Waals surface area contributed by atoms with Gasteiger partial charge in [-0.15, -0.1) is 0 Å². The number of hydrogen-bond donors (Lipinski definition) is 1. The Morgan fingerprint density at radius 1 is 1.14 bits per heavy atom. The largest absolute Gasteiger partial charge is 0.452 e. The van der Waals surface area contributed by atoms with Crippen LogP contribution >= 0.6 is 0 Å². The summed E-state index contributed by atoms with van der Waals surface area (Å²) in [6.45, 7) is -2.89. The number of carbonyl (C=O) groups excluding carboxylic acids is 3. The molecule has 0 bridgehead atoms. The first-order valence-electron chi connectivity index (χ1n) is 8.84. The van der Waals surface area contributed by atoms with E-state index in [4.69, 9.17) is 4.74 Å². The number of rotatable bonds is 7. The predicted octanol–water partition coefficient (Wildman–Crippen LogP) is 3.21. The lowest BCUT2D eigenvalue weighted by molar-refractivity contribution is -0.119. The first kappa shape index (κ1) is 20.2. The Balaban J connectivity index is 1.50. The van der Waals surface area contributed by atoms with Crippen molar-refractivity contribution in [3.63, 3.8) is 0 Å². The molecule has 2 amide bonds. The van der Waals surface area contributed by atoms with Gasteiger partial charge in [0.05, 0.1) is 5.56 Å². The van der Waals surface area contributed by atoms with Crippen LogP contribution in [0.3, 0.4) is 0 Å². The minimum atomic E-state index is -3.01. The molecule has 2 aromatic carbocycles. The Bertz CT molecular complexity index is 902. The van der Waals surface area contributed by atoms with Crippen molar-refractivity contribution in [1.29, 1.82) is 0 Å². The molecule has 152 valence electrons. The zero-order chi connectivity index (χ0) is 20.8. The quantitative estimate of drug-likeness (QED) is 0.717. The maximum Gasteiger partial charge on any atom is 0.387 e. The van der Waals surface area contributed by atoms with E-state index in [1.807, 2.05) is 0 Å². The summed E-state index contributed by atoms with van der Waals surface area (Å²) >= 11 is 0. The fourth-order valence-electron chi connectivity index (χ4n) is 2.86. The molecule has 0 saturated carbocycles. The average Bonchev–Trinajstić information content (AvgIpc) is 3.12. The summed E-state index contributed by atoms with van der Waals surface area (Å²) in [4.78, 5) is 37.4. The lowest BCUT2D eigenvalue weighted by atomic mass is 10.2. The van der Waals surface area contributed by atoms with Gasteiger partial charge in [0.15, 0.2) is 6.61 Å². The van der Waals surface area contributed by atoms with E-state index in [2.05, 4.69) is 10.1 Å². The van der Waals surface area contributed by atoms with Crippen LogP contribution in [0.5, 0.6) is 5.75 Å². The van der Waals surface area contributed by atoms with Crippen molar-refractivity contribution in [3.05, 3.63) is 54.1 Å². The maximum absolute atomic E-state index is 12.2. The molecular weight excluding hydrogens is 386 g/mol. The molecule has 29 heavy (non-hydrogen) atoms. The highest BCUT2D eigenvalue weighted by molar-refractivity contribution is 5.97. The van der Waals surface area contributed by atoms with Gasteiger partial charge in [0.25, 0.3) is 5.91 Å². The molecule has 1 N–H and O–H groups in total. The van der Waals surface area contributed by atoms with E-state index in [9.17, 15) is 23.2 Å². The molecule has 1 fully saturated rings. The number of alkyl halides is 2. The smallest absolute Gasteiger partial charge is 0.387 e. The molecule has 0 atom stereocenters. The first-order chi connectivity index (χ1) is 13.9. The van der Waals surface area contributed by atoms with E-state index in [0.29, 0.717) is 18.7 Å². The Kier molecular flexibility index (Phi) is 6.38. The highest BCUT2D eigenvalue weighted by Crippen LogP contribution is 2.23. The number of esters is 1. The topological polar surface area (TPSA) is 84.9 Å². The fraction of sp³-hybridized carbons (Fsp3) is 0.250. The van der Waals surface area contributed by atoms with Crippen LogP contribution in [0.4, 0.5) is 20.2 Å². The van der Waals surface area contributed by atoms with Crippen molar-refractivity contribution in [1.82, 2.24) is 0 Å². The average molecular weight is 404 g/mol. The van der Waals surface area contributed by atoms with E-state index in [1.165, 1.54) is 18.2 Å². The van der Waals surface area contributed by atoms with Crippen LogP contribution in [-0.4, -0.2) is 37.5 Å². The Hall–Kier alpha value is -3.49. The lowest BCUT2D eigenvalue weighted by Gasteiger charge is -2.16.